The van der Waals surface area contributed by atoms with E-state index < -0.39 is 22.3 Å². The van der Waals surface area contributed by atoms with Crippen molar-refractivity contribution < 1.29 is 29.7 Å². The molecule has 0 spiro atoms. The number of carboxylic acid groups (broad SMARTS) is 1. The summed E-state index contributed by atoms with van der Waals surface area (Å²) in [5.74, 6) is -1.84. The number of carboxylic acids is 1. The van der Waals surface area contributed by atoms with Gasteiger partial charge in [-0.2, -0.15) is 0 Å². The normalized spacial score (nSPS) is 18.0. The lowest BCUT2D eigenvalue weighted by atomic mass is 10.1. The molecular weight excluding hydrogens is 395 g/mol. The second-order valence-corrected chi connectivity index (χ2v) is 5.31. The molecular formula is C12H19IN2O6. The first-order chi connectivity index (χ1) is 9.84. The minimum atomic E-state index is -1.09. The summed E-state index contributed by atoms with van der Waals surface area (Å²) in [5.41, 5.74) is 0.385. The fourth-order valence-electron chi connectivity index (χ4n) is 1.41. The number of amides is 1. The van der Waals surface area contributed by atoms with Crippen LogP contribution < -0.4 is 5.32 Å². The maximum atomic E-state index is 11.5. The fourth-order valence-corrected chi connectivity index (χ4v) is 1.93. The van der Waals surface area contributed by atoms with Crippen molar-refractivity contribution in [3.8, 4) is 0 Å². The van der Waals surface area contributed by atoms with Crippen LogP contribution in [0.1, 0.15) is 6.92 Å². The number of aliphatic hydroxyl groups is 2. The van der Waals surface area contributed by atoms with Gasteiger partial charge in [0.15, 0.2) is 9.71 Å². The molecule has 1 aliphatic rings. The average molecular weight is 414 g/mol. The van der Waals surface area contributed by atoms with E-state index in [1.165, 1.54) is 6.08 Å². The van der Waals surface area contributed by atoms with E-state index in [9.17, 15) is 14.4 Å². The third kappa shape index (κ3) is 7.50. The monoisotopic (exact) mass is 414 g/mol. The molecule has 1 unspecified atom stereocenters. The summed E-state index contributed by atoms with van der Waals surface area (Å²) in [4.78, 5) is 34.2. The molecule has 1 heterocycles. The molecule has 1 amide bonds. The highest BCUT2D eigenvalue weighted by molar-refractivity contribution is 14.1. The first-order valence-electron chi connectivity index (χ1n) is 6.17. The highest BCUT2D eigenvalue weighted by Gasteiger charge is 2.33. The summed E-state index contributed by atoms with van der Waals surface area (Å²) >= 11 is 1.70. The highest BCUT2D eigenvalue weighted by atomic mass is 127. The van der Waals surface area contributed by atoms with Gasteiger partial charge in [-0.3, -0.25) is 14.4 Å². The van der Waals surface area contributed by atoms with Gasteiger partial charge < -0.3 is 25.5 Å². The molecule has 0 aromatic carbocycles. The summed E-state index contributed by atoms with van der Waals surface area (Å²) in [7, 11) is 0. The number of alkyl halides is 1. The lowest BCUT2D eigenvalue weighted by Crippen LogP contribution is -2.44. The number of nitrogens with zero attached hydrogens (tertiary/aromatic N) is 1. The number of hydrogen-bond donors (Lipinski definition) is 4. The molecule has 8 nitrogen and oxygen atoms in total. The summed E-state index contributed by atoms with van der Waals surface area (Å²) in [6.07, 6.45) is 1.29. The van der Waals surface area contributed by atoms with Crippen LogP contribution in [0.4, 0.5) is 0 Å². The topological polar surface area (TPSA) is 127 Å². The molecule has 0 aromatic heterocycles. The summed E-state index contributed by atoms with van der Waals surface area (Å²) < 4.78 is -0.796. The number of rotatable bonds is 6. The predicted octanol–water partition coefficient (Wildman–Crippen LogP) is -1.25. The SMILES string of the molecule is CC1=CC(=O)C(I)C(=O)N1CC(=O)O.OCCNCCO. The van der Waals surface area contributed by atoms with Crippen molar-refractivity contribution in [2.75, 3.05) is 32.8 Å². The molecule has 9 heteroatoms. The number of allylic oxidation sites excluding steroid dienone is 2. The molecule has 4 N–H and O–H groups in total. The number of aliphatic carboxylic acids is 1. The molecule has 0 aliphatic carbocycles. The maximum absolute atomic E-state index is 11.5. The van der Waals surface area contributed by atoms with Gasteiger partial charge in [-0.25, -0.2) is 0 Å². The average Bonchev–Trinajstić information content (AvgIpc) is 2.42. The molecule has 0 saturated carbocycles. The van der Waals surface area contributed by atoms with E-state index in [4.69, 9.17) is 15.3 Å². The number of carbonyl (C=O) groups excluding carboxylic acids is 2. The Hall–Kier alpha value is -1.04. The third-order valence-corrected chi connectivity index (χ3v) is 3.53. The summed E-state index contributed by atoms with van der Waals surface area (Å²) in [6.45, 7) is 2.57. The van der Waals surface area contributed by atoms with E-state index in [1.54, 1.807) is 29.5 Å². The minimum Gasteiger partial charge on any atom is -0.480 e. The Bertz CT molecular complexity index is 409. The number of carbonyl (C=O) groups is 3. The third-order valence-electron chi connectivity index (χ3n) is 2.38. The molecule has 120 valence electrons. The molecule has 0 bridgehead atoms. The molecule has 1 aliphatic heterocycles. The minimum absolute atomic E-state index is 0.139. The standard InChI is InChI=1S/C8H8INO4.C4H11NO2/c1-4-2-5(11)7(9)8(14)10(4)3-6(12)13;6-3-1-5-2-4-7/h2,7H,3H2,1H3,(H,12,13);5-7H,1-4H2. The Morgan fingerprint density at radius 3 is 2.29 bits per heavy atom. The zero-order chi connectivity index (χ0) is 16.4. The first-order valence-corrected chi connectivity index (χ1v) is 7.41. The van der Waals surface area contributed by atoms with Crippen molar-refractivity contribution >= 4 is 40.3 Å². The zero-order valence-corrected chi connectivity index (χ0v) is 13.7. The Morgan fingerprint density at radius 1 is 1.33 bits per heavy atom. The van der Waals surface area contributed by atoms with Crippen molar-refractivity contribution in [1.29, 1.82) is 0 Å². The lowest BCUT2D eigenvalue weighted by molar-refractivity contribution is -0.144. The number of halogens is 1. The van der Waals surface area contributed by atoms with E-state index >= 15 is 0 Å². The van der Waals surface area contributed by atoms with Crippen LogP contribution in [0.3, 0.4) is 0 Å². The van der Waals surface area contributed by atoms with Gasteiger partial charge >= 0.3 is 5.97 Å². The second-order valence-electron chi connectivity index (χ2n) is 4.07. The second kappa shape index (κ2) is 10.7. The van der Waals surface area contributed by atoms with Crippen LogP contribution in [-0.4, -0.2) is 74.7 Å². The number of ketones is 1. The predicted molar refractivity (Wildman–Crippen MR) is 83.0 cm³/mol. The van der Waals surface area contributed by atoms with E-state index in [0.717, 1.165) is 4.90 Å². The van der Waals surface area contributed by atoms with E-state index in [-0.39, 0.29) is 19.0 Å². The van der Waals surface area contributed by atoms with Crippen molar-refractivity contribution in [3.05, 3.63) is 11.8 Å². The first kappa shape index (κ1) is 20.0. The van der Waals surface area contributed by atoms with Crippen molar-refractivity contribution in [3.63, 3.8) is 0 Å². The van der Waals surface area contributed by atoms with E-state index in [1.807, 2.05) is 0 Å². The van der Waals surface area contributed by atoms with Gasteiger partial charge in [0.05, 0.1) is 13.2 Å². The van der Waals surface area contributed by atoms with Gasteiger partial charge in [0, 0.05) is 24.9 Å². The van der Waals surface area contributed by atoms with E-state index in [2.05, 4.69) is 5.32 Å². The maximum Gasteiger partial charge on any atom is 0.323 e. The Labute approximate surface area is 136 Å². The highest BCUT2D eigenvalue weighted by Crippen LogP contribution is 2.18. The van der Waals surface area contributed by atoms with Crippen molar-refractivity contribution in [2.24, 2.45) is 0 Å². The molecule has 1 rings (SSSR count). The van der Waals surface area contributed by atoms with Crippen LogP contribution in [0.5, 0.6) is 0 Å². The van der Waals surface area contributed by atoms with Gasteiger partial charge in [-0.15, -0.1) is 0 Å². The van der Waals surface area contributed by atoms with Crippen LogP contribution in [0.25, 0.3) is 0 Å². The van der Waals surface area contributed by atoms with Gasteiger partial charge in [0.2, 0.25) is 5.91 Å². The molecule has 0 saturated heterocycles. The molecule has 0 radical (unpaired) electrons. The quantitative estimate of drug-likeness (QED) is 0.185. The Balaban J connectivity index is 0.000000486. The fraction of sp³-hybridized carbons (Fsp3) is 0.583. The van der Waals surface area contributed by atoms with E-state index in [0.29, 0.717) is 18.8 Å². The van der Waals surface area contributed by atoms with Crippen LogP contribution in [-0.2, 0) is 14.4 Å². The number of aliphatic hydroxyl groups excluding tert-OH is 2. The Morgan fingerprint density at radius 2 is 1.86 bits per heavy atom. The zero-order valence-electron chi connectivity index (χ0n) is 11.6. The van der Waals surface area contributed by atoms with Gasteiger partial charge in [-0.1, -0.05) is 22.6 Å². The van der Waals surface area contributed by atoms with Crippen molar-refractivity contribution in [1.82, 2.24) is 10.2 Å². The number of nitrogens with one attached hydrogen (secondary N) is 1. The largest absolute Gasteiger partial charge is 0.480 e. The van der Waals surface area contributed by atoms with Gasteiger partial charge in [0.25, 0.3) is 0 Å². The van der Waals surface area contributed by atoms with Crippen molar-refractivity contribution in [2.45, 2.75) is 10.8 Å². The van der Waals surface area contributed by atoms with Crippen LogP contribution in [0.15, 0.2) is 11.8 Å². The molecule has 21 heavy (non-hydrogen) atoms. The van der Waals surface area contributed by atoms with Gasteiger partial charge in [-0.05, 0) is 6.92 Å². The smallest absolute Gasteiger partial charge is 0.323 e. The van der Waals surface area contributed by atoms with Crippen LogP contribution in [0, 0.1) is 0 Å². The lowest BCUT2D eigenvalue weighted by Gasteiger charge is -2.26. The van der Waals surface area contributed by atoms with Crippen LogP contribution in [0.2, 0.25) is 0 Å². The molecule has 0 aromatic rings. The molecule has 1 atom stereocenters. The summed E-state index contributed by atoms with van der Waals surface area (Å²) in [5, 5.41) is 27.6. The molecule has 0 fully saturated rings. The van der Waals surface area contributed by atoms with Gasteiger partial charge in [0.1, 0.15) is 6.54 Å². The number of hydrogen-bond acceptors (Lipinski definition) is 6. The Kier molecular flexibility index (Phi) is 10.1. The summed E-state index contributed by atoms with van der Waals surface area (Å²) in [6, 6.07) is 0. The van der Waals surface area contributed by atoms with Crippen LogP contribution >= 0.6 is 22.6 Å².